The summed E-state index contributed by atoms with van der Waals surface area (Å²) in [6.07, 6.45) is 3.62. The average molecular weight is 307 g/mol. The fraction of sp³-hybridized carbons (Fsp3) is 0.467. The van der Waals surface area contributed by atoms with Crippen LogP contribution in [-0.4, -0.2) is 39.3 Å². The van der Waals surface area contributed by atoms with E-state index in [0.717, 1.165) is 30.9 Å². The van der Waals surface area contributed by atoms with E-state index in [0.29, 0.717) is 18.1 Å². The Balaban J connectivity index is 1.63. The number of nitrogens with zero attached hydrogens (tertiary/aromatic N) is 3. The van der Waals surface area contributed by atoms with Crippen molar-refractivity contribution in [2.45, 2.75) is 32.4 Å². The van der Waals surface area contributed by atoms with Crippen LogP contribution in [0.25, 0.3) is 5.65 Å². The van der Waals surface area contributed by atoms with Crippen molar-refractivity contribution in [3.8, 4) is 0 Å². The van der Waals surface area contributed by atoms with Crippen molar-refractivity contribution in [2.24, 2.45) is 0 Å². The molecule has 2 aromatic rings. The Morgan fingerprint density at radius 2 is 2.33 bits per heavy atom. The highest BCUT2D eigenvalue weighted by Crippen LogP contribution is 2.17. The van der Waals surface area contributed by atoms with E-state index in [-0.39, 0.29) is 11.9 Å². The van der Waals surface area contributed by atoms with Crippen LogP contribution in [0.5, 0.6) is 0 Å². The molecule has 0 spiro atoms. The van der Waals surface area contributed by atoms with Gasteiger partial charge in [0.2, 0.25) is 5.91 Å². The third-order valence-corrected chi connectivity index (χ3v) is 4.17. The number of pyridine rings is 1. The highest BCUT2D eigenvalue weighted by molar-refractivity contribution is 6.30. The highest BCUT2D eigenvalue weighted by atomic mass is 35.5. The van der Waals surface area contributed by atoms with Crippen LogP contribution in [0.15, 0.2) is 24.4 Å². The van der Waals surface area contributed by atoms with Gasteiger partial charge in [-0.05, 0) is 25.5 Å². The van der Waals surface area contributed by atoms with E-state index in [4.69, 9.17) is 11.6 Å². The zero-order valence-corrected chi connectivity index (χ0v) is 12.8. The van der Waals surface area contributed by atoms with Gasteiger partial charge in [0, 0.05) is 38.3 Å². The number of rotatable bonds is 5. The van der Waals surface area contributed by atoms with Crippen LogP contribution in [0, 0.1) is 0 Å². The van der Waals surface area contributed by atoms with E-state index in [1.165, 1.54) is 0 Å². The Morgan fingerprint density at radius 1 is 1.48 bits per heavy atom. The Kier molecular flexibility index (Phi) is 4.12. The maximum Gasteiger partial charge on any atom is 0.222 e. The number of hydrogen-bond acceptors (Lipinski definition) is 3. The van der Waals surface area contributed by atoms with Crippen LogP contribution in [0.4, 0.5) is 0 Å². The molecule has 5 nitrogen and oxygen atoms in total. The summed E-state index contributed by atoms with van der Waals surface area (Å²) >= 11 is 6.21. The largest absolute Gasteiger partial charge is 0.341 e. The van der Waals surface area contributed by atoms with Crippen molar-refractivity contribution in [3.63, 3.8) is 0 Å². The number of hydrogen-bond donors (Lipinski definition) is 1. The predicted molar refractivity (Wildman–Crippen MR) is 82.3 cm³/mol. The maximum atomic E-state index is 11.6. The minimum Gasteiger partial charge on any atom is -0.341 e. The molecule has 3 heterocycles. The third kappa shape index (κ3) is 3.04. The molecular formula is C15H19ClN4O. The van der Waals surface area contributed by atoms with E-state index < -0.39 is 0 Å². The first-order chi connectivity index (χ1) is 10.1. The number of likely N-dealkylation sites (tertiary alicyclic amines) is 1. The van der Waals surface area contributed by atoms with Crippen molar-refractivity contribution < 1.29 is 4.79 Å². The second-order valence-electron chi connectivity index (χ2n) is 5.50. The third-order valence-electron chi connectivity index (χ3n) is 3.86. The first-order valence-electron chi connectivity index (χ1n) is 7.28. The number of aromatic nitrogens is 2. The molecule has 6 heteroatoms. The van der Waals surface area contributed by atoms with Crippen molar-refractivity contribution >= 4 is 23.2 Å². The molecule has 0 unspecified atom stereocenters. The SMILES string of the molecule is C[C@H](CN1CCCC1=O)NCc1c(Cl)nc2ccccn12. The van der Waals surface area contributed by atoms with Gasteiger partial charge < -0.3 is 14.6 Å². The molecule has 0 aromatic carbocycles. The zero-order chi connectivity index (χ0) is 14.8. The van der Waals surface area contributed by atoms with Gasteiger partial charge in [0.15, 0.2) is 5.15 Å². The quantitative estimate of drug-likeness (QED) is 0.920. The molecule has 1 N–H and O–H groups in total. The molecule has 0 aliphatic carbocycles. The Hall–Kier alpha value is -1.59. The summed E-state index contributed by atoms with van der Waals surface area (Å²) in [4.78, 5) is 17.9. The van der Waals surface area contributed by atoms with Crippen LogP contribution in [0.3, 0.4) is 0 Å². The highest BCUT2D eigenvalue weighted by Gasteiger charge is 2.21. The fourth-order valence-electron chi connectivity index (χ4n) is 2.74. The average Bonchev–Trinajstić information content (AvgIpc) is 3.00. The van der Waals surface area contributed by atoms with Crippen molar-refractivity contribution in [3.05, 3.63) is 35.2 Å². The number of carbonyl (C=O) groups is 1. The summed E-state index contributed by atoms with van der Waals surface area (Å²) in [6.45, 7) is 4.34. The summed E-state index contributed by atoms with van der Waals surface area (Å²) < 4.78 is 1.99. The van der Waals surface area contributed by atoms with Gasteiger partial charge in [-0.15, -0.1) is 0 Å². The van der Waals surface area contributed by atoms with Gasteiger partial charge in [-0.3, -0.25) is 4.79 Å². The lowest BCUT2D eigenvalue weighted by atomic mass is 10.3. The maximum absolute atomic E-state index is 11.6. The van der Waals surface area contributed by atoms with Crippen LogP contribution < -0.4 is 5.32 Å². The molecule has 1 saturated heterocycles. The number of amides is 1. The van der Waals surface area contributed by atoms with Gasteiger partial charge in [0.1, 0.15) is 5.65 Å². The summed E-state index contributed by atoms with van der Waals surface area (Å²) in [5.74, 6) is 0.261. The molecule has 21 heavy (non-hydrogen) atoms. The molecule has 1 atom stereocenters. The van der Waals surface area contributed by atoms with E-state index >= 15 is 0 Å². The smallest absolute Gasteiger partial charge is 0.222 e. The minimum absolute atomic E-state index is 0.220. The van der Waals surface area contributed by atoms with Gasteiger partial charge in [-0.2, -0.15) is 0 Å². The predicted octanol–water partition coefficient (Wildman–Crippen LogP) is 2.09. The Bertz CT molecular complexity index is 654. The Morgan fingerprint density at radius 3 is 3.10 bits per heavy atom. The molecule has 0 radical (unpaired) electrons. The van der Waals surface area contributed by atoms with E-state index in [2.05, 4.69) is 17.2 Å². The summed E-state index contributed by atoms with van der Waals surface area (Å²) in [7, 11) is 0. The van der Waals surface area contributed by atoms with Gasteiger partial charge >= 0.3 is 0 Å². The molecule has 3 rings (SSSR count). The second-order valence-corrected chi connectivity index (χ2v) is 5.86. The molecular weight excluding hydrogens is 288 g/mol. The number of halogens is 1. The lowest BCUT2D eigenvalue weighted by Gasteiger charge is -2.21. The standard InChI is InChI=1S/C15H19ClN4O/c1-11(10-19-7-4-6-14(19)21)17-9-12-15(16)18-13-5-2-3-8-20(12)13/h2-3,5,8,11,17H,4,6-7,9-10H2,1H3/t11-/m1/s1. The lowest BCUT2D eigenvalue weighted by molar-refractivity contribution is -0.127. The summed E-state index contributed by atoms with van der Waals surface area (Å²) in [6, 6.07) is 6.05. The fourth-order valence-corrected chi connectivity index (χ4v) is 2.98. The molecule has 0 saturated carbocycles. The topological polar surface area (TPSA) is 49.6 Å². The van der Waals surface area contributed by atoms with E-state index in [1.54, 1.807) is 0 Å². The van der Waals surface area contributed by atoms with Gasteiger partial charge in [0.05, 0.1) is 5.69 Å². The van der Waals surface area contributed by atoms with Gasteiger partial charge in [-0.25, -0.2) is 4.98 Å². The monoisotopic (exact) mass is 306 g/mol. The minimum atomic E-state index is 0.220. The molecule has 112 valence electrons. The number of nitrogens with one attached hydrogen (secondary N) is 1. The van der Waals surface area contributed by atoms with Crippen molar-refractivity contribution in [1.29, 1.82) is 0 Å². The number of carbonyl (C=O) groups excluding carboxylic acids is 1. The normalized spacial score (nSPS) is 16.9. The van der Waals surface area contributed by atoms with Crippen LogP contribution in [-0.2, 0) is 11.3 Å². The van der Waals surface area contributed by atoms with Crippen molar-refractivity contribution in [1.82, 2.24) is 19.6 Å². The van der Waals surface area contributed by atoms with Gasteiger partial charge in [-0.1, -0.05) is 17.7 Å². The first-order valence-corrected chi connectivity index (χ1v) is 7.65. The molecule has 1 amide bonds. The van der Waals surface area contributed by atoms with Crippen LogP contribution in [0.1, 0.15) is 25.5 Å². The molecule has 1 aliphatic rings. The van der Waals surface area contributed by atoms with Gasteiger partial charge in [0.25, 0.3) is 0 Å². The number of fused-ring (bicyclic) bond motifs is 1. The first kappa shape index (κ1) is 14.4. The number of imidazole rings is 1. The molecule has 1 aliphatic heterocycles. The summed E-state index contributed by atoms with van der Waals surface area (Å²) in [5.41, 5.74) is 1.80. The Labute approximate surface area is 128 Å². The van der Waals surface area contributed by atoms with Crippen LogP contribution >= 0.6 is 11.6 Å². The molecule has 2 aromatic heterocycles. The van der Waals surface area contributed by atoms with Crippen molar-refractivity contribution in [2.75, 3.05) is 13.1 Å². The van der Waals surface area contributed by atoms with E-state index in [9.17, 15) is 4.79 Å². The van der Waals surface area contributed by atoms with Crippen LogP contribution in [0.2, 0.25) is 5.15 Å². The zero-order valence-electron chi connectivity index (χ0n) is 12.1. The molecule has 0 bridgehead atoms. The molecule has 1 fully saturated rings. The summed E-state index contributed by atoms with van der Waals surface area (Å²) in [5, 5.41) is 3.95. The van der Waals surface area contributed by atoms with E-state index in [1.807, 2.05) is 33.7 Å². The lowest BCUT2D eigenvalue weighted by Crippen LogP contribution is -2.39. The second kappa shape index (κ2) is 6.03.